The Hall–Kier alpha value is -0.710. The van der Waals surface area contributed by atoms with E-state index in [0.717, 1.165) is 37.7 Å². The highest BCUT2D eigenvalue weighted by molar-refractivity contribution is 5.86. The van der Waals surface area contributed by atoms with Gasteiger partial charge < -0.3 is 15.3 Å². The molecule has 10 atom stereocenters. The van der Waals surface area contributed by atoms with Crippen LogP contribution in [0.4, 0.5) is 0 Å². The average Bonchev–Trinajstić information content (AvgIpc) is 3.36. The Kier molecular flexibility index (Phi) is 5.62. The second-order valence-electron chi connectivity index (χ2n) is 14.4. The van der Waals surface area contributed by atoms with Crippen LogP contribution in [0.2, 0.25) is 0 Å². The zero-order valence-corrected chi connectivity index (χ0v) is 22.4. The fourth-order valence-electron chi connectivity index (χ4n) is 11.1. The minimum atomic E-state index is -0.937. The van der Waals surface area contributed by atoms with Crippen molar-refractivity contribution in [2.75, 3.05) is 6.61 Å². The summed E-state index contributed by atoms with van der Waals surface area (Å²) in [4.78, 5) is 12.9. The number of carbonyl (C=O) groups is 1. The first-order valence-electron chi connectivity index (χ1n) is 14.0. The van der Waals surface area contributed by atoms with Crippen LogP contribution in [0.15, 0.2) is 11.6 Å². The van der Waals surface area contributed by atoms with Crippen LogP contribution in [0, 0.1) is 50.7 Å². The van der Waals surface area contributed by atoms with Crippen molar-refractivity contribution in [3.05, 3.63) is 11.6 Å². The average molecular weight is 473 g/mol. The summed E-state index contributed by atoms with van der Waals surface area (Å²) in [6.45, 7) is 13.2. The van der Waals surface area contributed by atoms with E-state index in [-0.39, 0.29) is 34.7 Å². The molecule has 0 aliphatic heterocycles. The topological polar surface area (TPSA) is 77.8 Å². The summed E-state index contributed by atoms with van der Waals surface area (Å²) in [5.41, 5.74) is 1.80. The van der Waals surface area contributed by atoms with Gasteiger partial charge in [0.25, 0.3) is 0 Å². The highest BCUT2D eigenvalue weighted by Gasteiger charge is 2.82. The number of hydrogen-bond donors (Lipinski definition) is 3. The largest absolute Gasteiger partial charge is 0.396 e. The lowest BCUT2D eigenvalue weighted by Gasteiger charge is -2.62. The second kappa shape index (κ2) is 7.65. The number of Topliss-reactive ketones (excluding diaryl/α,β-unsaturated/α-hetero) is 1. The molecule has 3 N–H and O–H groups in total. The van der Waals surface area contributed by atoms with Crippen molar-refractivity contribution in [1.82, 2.24) is 0 Å². The van der Waals surface area contributed by atoms with Gasteiger partial charge in [-0.3, -0.25) is 4.79 Å². The summed E-state index contributed by atoms with van der Waals surface area (Å²) in [7, 11) is 0. The number of hydrogen-bond acceptors (Lipinski definition) is 4. The second-order valence-corrected chi connectivity index (χ2v) is 14.4. The molecular formula is C30H48O4. The van der Waals surface area contributed by atoms with Crippen molar-refractivity contribution in [1.29, 1.82) is 0 Å². The molecule has 0 aromatic heterocycles. The van der Waals surface area contributed by atoms with Crippen molar-refractivity contribution in [2.45, 2.75) is 112 Å². The van der Waals surface area contributed by atoms with Crippen molar-refractivity contribution in [3.63, 3.8) is 0 Å². The lowest BCUT2D eigenvalue weighted by Crippen LogP contribution is -2.57. The molecule has 4 nitrogen and oxygen atoms in total. The van der Waals surface area contributed by atoms with Crippen LogP contribution in [0.25, 0.3) is 0 Å². The number of aliphatic hydroxyl groups is 3. The summed E-state index contributed by atoms with van der Waals surface area (Å²) < 4.78 is 0. The Balaban J connectivity index is 1.45. The third kappa shape index (κ3) is 2.91. The summed E-state index contributed by atoms with van der Waals surface area (Å²) in [5.74, 6) is 1.59. The van der Waals surface area contributed by atoms with Gasteiger partial charge in [0.1, 0.15) is 5.78 Å². The minimum Gasteiger partial charge on any atom is -0.396 e. The Labute approximate surface area is 206 Å². The number of fused-ring (bicyclic) bond motifs is 2. The maximum Gasteiger partial charge on any atom is 0.138 e. The Morgan fingerprint density at radius 3 is 2.24 bits per heavy atom. The van der Waals surface area contributed by atoms with Crippen LogP contribution >= 0.6 is 0 Å². The van der Waals surface area contributed by atoms with E-state index in [0.29, 0.717) is 28.4 Å². The summed E-state index contributed by atoms with van der Waals surface area (Å²) in [5, 5.41) is 32.2. The van der Waals surface area contributed by atoms with Gasteiger partial charge in [0, 0.05) is 24.4 Å². The fraction of sp³-hybridized carbons (Fsp3) is 0.900. The zero-order chi connectivity index (χ0) is 24.9. The molecule has 5 saturated carbocycles. The Morgan fingerprint density at radius 1 is 0.941 bits per heavy atom. The molecule has 34 heavy (non-hydrogen) atoms. The van der Waals surface area contributed by atoms with Crippen LogP contribution in [0.5, 0.6) is 0 Å². The van der Waals surface area contributed by atoms with Gasteiger partial charge in [-0.15, -0.1) is 0 Å². The molecule has 0 aromatic rings. The van der Waals surface area contributed by atoms with Gasteiger partial charge in [-0.05, 0) is 105 Å². The van der Waals surface area contributed by atoms with Crippen molar-refractivity contribution in [2.24, 2.45) is 50.7 Å². The third-order valence-electron chi connectivity index (χ3n) is 12.9. The van der Waals surface area contributed by atoms with Crippen LogP contribution in [0.1, 0.15) is 99.3 Å². The first-order valence-corrected chi connectivity index (χ1v) is 14.0. The molecule has 0 amide bonds. The molecule has 5 aliphatic rings. The Morgan fingerprint density at radius 2 is 1.59 bits per heavy atom. The van der Waals surface area contributed by atoms with E-state index in [1.807, 2.05) is 13.8 Å². The smallest absolute Gasteiger partial charge is 0.138 e. The SMILES string of the molecule is CC(C)=C[C@@H](O)[C@@H](O)[C@@H](CO)C1CC[C@@]2(C)[C@@H]3CC[C@H]4C(C)(C)C(=O)CC[C@@]45C[C@@]35CC[C@]12C. The summed E-state index contributed by atoms with van der Waals surface area (Å²) in [6.07, 6.45) is 9.94. The van der Waals surface area contributed by atoms with Gasteiger partial charge in [-0.25, -0.2) is 0 Å². The van der Waals surface area contributed by atoms with Gasteiger partial charge in [0.15, 0.2) is 0 Å². The summed E-state index contributed by atoms with van der Waals surface area (Å²) in [6, 6.07) is 0. The number of ketones is 1. The quantitative estimate of drug-likeness (QED) is 0.475. The van der Waals surface area contributed by atoms with Crippen molar-refractivity contribution < 1.29 is 20.1 Å². The maximum absolute atomic E-state index is 12.9. The molecule has 0 bridgehead atoms. The predicted molar refractivity (Wildman–Crippen MR) is 134 cm³/mol. The standard InChI is InChI=1S/C30H48O4/c1-18(2)15-21(32)25(34)19(16-31)20-9-11-28(6)23-8-7-22-26(3,4)24(33)10-12-29(22)17-30(23,29)14-13-27(20,28)5/h15,19-23,25,31-32,34H,7-14,16-17H2,1-6H3/t19-,20?,21+,22-,23-,25-,27+,28-,29+,30-/m0/s1. The van der Waals surface area contributed by atoms with E-state index in [9.17, 15) is 20.1 Å². The van der Waals surface area contributed by atoms with E-state index in [1.165, 1.54) is 25.7 Å². The molecule has 0 heterocycles. The molecule has 0 radical (unpaired) electrons. The molecule has 4 heteroatoms. The normalized spacial score (nSPS) is 49.1. The highest BCUT2D eigenvalue weighted by Crippen LogP contribution is 2.88. The molecule has 1 unspecified atom stereocenters. The molecule has 5 fully saturated rings. The van der Waals surface area contributed by atoms with Gasteiger partial charge in [-0.1, -0.05) is 39.3 Å². The molecule has 0 aromatic carbocycles. The lowest BCUT2D eigenvalue weighted by atomic mass is 9.42. The monoisotopic (exact) mass is 472 g/mol. The molecule has 5 aliphatic carbocycles. The molecular weight excluding hydrogens is 424 g/mol. The van der Waals surface area contributed by atoms with E-state index < -0.39 is 12.2 Å². The lowest BCUT2D eigenvalue weighted by molar-refractivity contribution is -0.161. The zero-order valence-electron chi connectivity index (χ0n) is 22.4. The van der Waals surface area contributed by atoms with E-state index in [1.54, 1.807) is 6.08 Å². The molecule has 5 rings (SSSR count). The Bertz CT molecular complexity index is 888. The number of carbonyl (C=O) groups excluding carboxylic acids is 1. The fourth-order valence-corrected chi connectivity index (χ4v) is 11.1. The predicted octanol–water partition coefficient (Wildman–Crippen LogP) is 5.29. The number of rotatable bonds is 5. The maximum atomic E-state index is 12.9. The van der Waals surface area contributed by atoms with Crippen molar-refractivity contribution >= 4 is 5.78 Å². The third-order valence-corrected chi connectivity index (χ3v) is 12.9. The van der Waals surface area contributed by atoms with Crippen LogP contribution in [-0.4, -0.2) is 39.9 Å². The van der Waals surface area contributed by atoms with Gasteiger partial charge in [-0.2, -0.15) is 0 Å². The van der Waals surface area contributed by atoms with Gasteiger partial charge >= 0.3 is 0 Å². The van der Waals surface area contributed by atoms with Gasteiger partial charge in [0.2, 0.25) is 0 Å². The number of allylic oxidation sites excluding steroid dienone is 1. The highest BCUT2D eigenvalue weighted by atomic mass is 16.3. The van der Waals surface area contributed by atoms with Gasteiger partial charge in [0.05, 0.1) is 12.2 Å². The molecule has 192 valence electrons. The minimum absolute atomic E-state index is 0.0542. The molecule has 0 saturated heterocycles. The van der Waals surface area contributed by atoms with Crippen LogP contribution in [-0.2, 0) is 4.79 Å². The van der Waals surface area contributed by atoms with E-state index >= 15 is 0 Å². The van der Waals surface area contributed by atoms with Crippen LogP contribution < -0.4 is 0 Å². The van der Waals surface area contributed by atoms with Crippen molar-refractivity contribution in [3.8, 4) is 0 Å². The van der Waals surface area contributed by atoms with E-state index in [2.05, 4.69) is 27.7 Å². The first kappa shape index (κ1) is 25.0. The molecule has 2 spiro atoms. The first-order chi connectivity index (χ1) is 15.8. The van der Waals surface area contributed by atoms with E-state index in [4.69, 9.17) is 0 Å². The number of aliphatic hydroxyl groups excluding tert-OH is 3. The van der Waals surface area contributed by atoms with Crippen LogP contribution in [0.3, 0.4) is 0 Å². The summed E-state index contributed by atoms with van der Waals surface area (Å²) >= 11 is 0.